The lowest BCUT2D eigenvalue weighted by Crippen LogP contribution is -2.46. The predicted octanol–water partition coefficient (Wildman–Crippen LogP) is 2.65. The summed E-state index contributed by atoms with van der Waals surface area (Å²) in [5.74, 6) is -0.975. The summed E-state index contributed by atoms with van der Waals surface area (Å²) < 4.78 is 4.90. The Kier molecular flexibility index (Phi) is 3.85. The van der Waals surface area contributed by atoms with E-state index < -0.39 is 11.4 Å². The number of halogens is 1. The number of carbonyl (C=O) groups excluding carboxylic acids is 1. The topological polar surface area (TPSA) is 70.8 Å². The summed E-state index contributed by atoms with van der Waals surface area (Å²) in [6, 6.07) is 1.53. The van der Waals surface area contributed by atoms with Crippen LogP contribution in [0.4, 0.5) is 0 Å². The van der Waals surface area contributed by atoms with Crippen LogP contribution in [0.5, 0.6) is 0 Å². The number of likely N-dealkylation sites (tertiary alicyclic amines) is 1. The Morgan fingerprint density at radius 1 is 1.47 bits per heavy atom. The summed E-state index contributed by atoms with van der Waals surface area (Å²) in [7, 11) is 0. The van der Waals surface area contributed by atoms with Crippen LogP contribution in [0.25, 0.3) is 0 Å². The smallest absolute Gasteiger partial charge is 0.309 e. The molecule has 104 valence electrons. The second kappa shape index (κ2) is 5.25. The number of aliphatic carboxylic acids is 1. The molecule has 1 aliphatic heterocycles. The van der Waals surface area contributed by atoms with Crippen molar-refractivity contribution in [3.05, 3.63) is 23.1 Å². The van der Waals surface area contributed by atoms with E-state index >= 15 is 0 Å². The second-order valence-corrected chi connectivity index (χ2v) is 5.18. The van der Waals surface area contributed by atoms with Crippen molar-refractivity contribution >= 4 is 23.5 Å². The predicted molar refractivity (Wildman–Crippen MR) is 69.2 cm³/mol. The zero-order valence-corrected chi connectivity index (χ0v) is 11.4. The van der Waals surface area contributed by atoms with E-state index in [1.807, 2.05) is 6.92 Å². The molecule has 1 fully saturated rings. The minimum atomic E-state index is -0.775. The highest BCUT2D eigenvalue weighted by Crippen LogP contribution is 2.35. The quantitative estimate of drug-likeness (QED) is 0.927. The zero-order valence-electron chi connectivity index (χ0n) is 10.7. The zero-order chi connectivity index (χ0) is 14.0. The molecule has 1 aromatic heterocycles. The summed E-state index contributed by atoms with van der Waals surface area (Å²) in [6.07, 6.45) is 2.89. The third-order valence-electron chi connectivity index (χ3n) is 3.99. The first-order chi connectivity index (χ1) is 9.00. The summed E-state index contributed by atoms with van der Waals surface area (Å²) in [6.45, 7) is 2.74. The fourth-order valence-electron chi connectivity index (χ4n) is 2.47. The minimum Gasteiger partial charge on any atom is -0.481 e. The lowest BCUT2D eigenvalue weighted by Gasteiger charge is -2.38. The van der Waals surface area contributed by atoms with Gasteiger partial charge in [0.1, 0.15) is 0 Å². The first kappa shape index (κ1) is 13.9. The fraction of sp³-hybridized carbons (Fsp3) is 0.538. The summed E-state index contributed by atoms with van der Waals surface area (Å²) in [5.41, 5.74) is -0.363. The van der Waals surface area contributed by atoms with Gasteiger partial charge in [0, 0.05) is 13.1 Å². The lowest BCUT2D eigenvalue weighted by molar-refractivity contribution is -0.152. The first-order valence-electron chi connectivity index (χ1n) is 6.26. The number of rotatable bonds is 3. The van der Waals surface area contributed by atoms with Gasteiger partial charge in [-0.2, -0.15) is 0 Å². The number of carboxylic acids is 1. The van der Waals surface area contributed by atoms with E-state index in [0.29, 0.717) is 37.9 Å². The molecule has 0 aromatic carbocycles. The van der Waals surface area contributed by atoms with Crippen LogP contribution in [0.2, 0.25) is 5.22 Å². The molecule has 0 aliphatic carbocycles. The molecule has 1 N–H and O–H groups in total. The Balaban J connectivity index is 2.06. The number of carboxylic acid groups (broad SMARTS) is 1. The molecule has 0 atom stereocenters. The van der Waals surface area contributed by atoms with Gasteiger partial charge in [-0.05, 0) is 36.9 Å². The van der Waals surface area contributed by atoms with Crippen molar-refractivity contribution in [3.63, 3.8) is 0 Å². The van der Waals surface area contributed by atoms with Crippen molar-refractivity contribution in [2.24, 2.45) is 5.41 Å². The van der Waals surface area contributed by atoms with Gasteiger partial charge < -0.3 is 14.4 Å². The molecule has 5 nitrogen and oxygen atoms in total. The number of hydrogen-bond donors (Lipinski definition) is 1. The molecule has 2 rings (SSSR count). The van der Waals surface area contributed by atoms with E-state index in [-0.39, 0.29) is 11.1 Å². The highest BCUT2D eigenvalue weighted by molar-refractivity contribution is 6.32. The summed E-state index contributed by atoms with van der Waals surface area (Å²) in [5, 5.41) is 9.38. The van der Waals surface area contributed by atoms with Crippen LogP contribution in [0.15, 0.2) is 16.7 Å². The monoisotopic (exact) mass is 285 g/mol. The van der Waals surface area contributed by atoms with Crippen LogP contribution in [-0.2, 0) is 4.79 Å². The fourth-order valence-corrected chi connectivity index (χ4v) is 2.67. The van der Waals surface area contributed by atoms with Gasteiger partial charge >= 0.3 is 5.97 Å². The third kappa shape index (κ3) is 2.47. The van der Waals surface area contributed by atoms with E-state index in [1.165, 1.54) is 12.3 Å². The standard InChI is InChI=1S/C13H16ClNO4/c1-2-13(12(17)18)4-6-15(7-5-13)11(16)9-3-8-19-10(9)14/h3,8H,2,4-7H2,1H3,(H,17,18). The number of carbonyl (C=O) groups is 2. The molecule has 0 unspecified atom stereocenters. The number of nitrogens with zero attached hydrogens (tertiary/aromatic N) is 1. The van der Waals surface area contributed by atoms with Gasteiger partial charge in [-0.1, -0.05) is 6.92 Å². The van der Waals surface area contributed by atoms with Crippen LogP contribution < -0.4 is 0 Å². The summed E-state index contributed by atoms with van der Waals surface area (Å²) >= 11 is 5.78. The van der Waals surface area contributed by atoms with Gasteiger partial charge in [0.15, 0.2) is 0 Å². The molecular formula is C13H16ClNO4. The van der Waals surface area contributed by atoms with Crippen molar-refractivity contribution in [2.75, 3.05) is 13.1 Å². The normalized spacial score (nSPS) is 18.3. The maximum atomic E-state index is 12.2. The van der Waals surface area contributed by atoms with E-state index in [0.717, 1.165) is 0 Å². The van der Waals surface area contributed by atoms with Gasteiger partial charge in [-0.25, -0.2) is 0 Å². The molecule has 1 amide bonds. The highest BCUT2D eigenvalue weighted by atomic mass is 35.5. The van der Waals surface area contributed by atoms with Crippen LogP contribution >= 0.6 is 11.6 Å². The molecule has 0 saturated carbocycles. The molecule has 19 heavy (non-hydrogen) atoms. The maximum absolute atomic E-state index is 12.2. The molecule has 1 saturated heterocycles. The summed E-state index contributed by atoms with van der Waals surface area (Å²) in [4.78, 5) is 25.1. The van der Waals surface area contributed by atoms with Gasteiger partial charge in [0.25, 0.3) is 5.91 Å². The van der Waals surface area contributed by atoms with Crippen molar-refractivity contribution in [1.29, 1.82) is 0 Å². The van der Waals surface area contributed by atoms with Crippen molar-refractivity contribution in [1.82, 2.24) is 4.90 Å². The largest absolute Gasteiger partial charge is 0.481 e. The average Bonchev–Trinajstić information content (AvgIpc) is 2.84. The molecule has 2 heterocycles. The molecule has 0 spiro atoms. The molecule has 1 aromatic rings. The minimum absolute atomic E-state index is 0.0792. The van der Waals surface area contributed by atoms with Crippen molar-refractivity contribution < 1.29 is 19.1 Å². The number of amides is 1. The van der Waals surface area contributed by atoms with Crippen LogP contribution in [0.3, 0.4) is 0 Å². The van der Waals surface area contributed by atoms with E-state index in [2.05, 4.69) is 0 Å². The third-order valence-corrected chi connectivity index (χ3v) is 4.28. The molecule has 0 radical (unpaired) electrons. The van der Waals surface area contributed by atoms with Crippen LogP contribution in [-0.4, -0.2) is 35.0 Å². The van der Waals surface area contributed by atoms with E-state index in [1.54, 1.807) is 4.90 Å². The molecule has 1 aliphatic rings. The number of piperidine rings is 1. The van der Waals surface area contributed by atoms with Gasteiger partial charge in [0.05, 0.1) is 17.2 Å². The highest BCUT2D eigenvalue weighted by Gasteiger charge is 2.41. The van der Waals surface area contributed by atoms with E-state index in [9.17, 15) is 14.7 Å². The Bertz CT molecular complexity index is 489. The van der Waals surface area contributed by atoms with Crippen LogP contribution in [0, 0.1) is 5.41 Å². The number of furan rings is 1. The van der Waals surface area contributed by atoms with Gasteiger partial charge in [-0.3, -0.25) is 9.59 Å². The Hall–Kier alpha value is -1.49. The second-order valence-electron chi connectivity index (χ2n) is 4.84. The molecule has 0 bridgehead atoms. The van der Waals surface area contributed by atoms with E-state index in [4.69, 9.17) is 16.0 Å². The van der Waals surface area contributed by atoms with Crippen molar-refractivity contribution in [3.8, 4) is 0 Å². The van der Waals surface area contributed by atoms with Gasteiger partial charge in [-0.15, -0.1) is 0 Å². The Morgan fingerprint density at radius 3 is 2.53 bits per heavy atom. The van der Waals surface area contributed by atoms with Crippen molar-refractivity contribution in [2.45, 2.75) is 26.2 Å². The van der Waals surface area contributed by atoms with Gasteiger partial charge in [0.2, 0.25) is 5.22 Å². The maximum Gasteiger partial charge on any atom is 0.309 e. The number of hydrogen-bond acceptors (Lipinski definition) is 3. The first-order valence-corrected chi connectivity index (χ1v) is 6.63. The van der Waals surface area contributed by atoms with Crippen LogP contribution in [0.1, 0.15) is 36.5 Å². The molecular weight excluding hydrogens is 270 g/mol. The Morgan fingerprint density at radius 2 is 2.11 bits per heavy atom. The lowest BCUT2D eigenvalue weighted by atomic mass is 9.76. The Labute approximate surface area is 116 Å². The SMILES string of the molecule is CCC1(C(=O)O)CCN(C(=O)c2ccoc2Cl)CC1. The molecule has 6 heteroatoms. The average molecular weight is 286 g/mol.